The van der Waals surface area contributed by atoms with Crippen LogP contribution in [-0.4, -0.2) is 16.0 Å². The van der Waals surface area contributed by atoms with E-state index in [1.807, 2.05) is 48.5 Å². The summed E-state index contributed by atoms with van der Waals surface area (Å²) in [6.45, 7) is 0. The van der Waals surface area contributed by atoms with Gasteiger partial charge in [0.05, 0.1) is 0 Å². The summed E-state index contributed by atoms with van der Waals surface area (Å²) in [5.74, 6) is 6.21. The maximum absolute atomic E-state index is 3.11. The molecule has 2 aromatic rings. The maximum atomic E-state index is 3.11. The van der Waals surface area contributed by atoms with Gasteiger partial charge in [0.15, 0.2) is 0 Å². The predicted molar refractivity (Wildman–Crippen MR) is 64.5 cm³/mol. The molecule has 0 nitrogen and oxygen atoms in total. The summed E-state index contributed by atoms with van der Waals surface area (Å²) in [5.41, 5.74) is 2.03. The van der Waals surface area contributed by atoms with Gasteiger partial charge in [-0.2, -0.15) is 0 Å². The fourth-order valence-corrected chi connectivity index (χ4v) is 1.47. The Balaban J connectivity index is 2.22. The molecule has 0 spiro atoms. The van der Waals surface area contributed by atoms with E-state index in [2.05, 4.69) is 33.9 Å². The van der Waals surface area contributed by atoms with E-state index in [0.29, 0.717) is 0 Å². The third kappa shape index (κ3) is 2.99. The molecular formula is C14H9Se. The molecule has 0 aliphatic rings. The van der Waals surface area contributed by atoms with Crippen LogP contribution in [-0.2, 0) is 0 Å². The third-order valence-electron chi connectivity index (χ3n) is 1.93. The van der Waals surface area contributed by atoms with E-state index < -0.39 is 0 Å². The minimum atomic E-state index is 0.994. The van der Waals surface area contributed by atoms with Crippen molar-refractivity contribution in [1.82, 2.24) is 0 Å². The predicted octanol–water partition coefficient (Wildman–Crippen LogP) is 1.41. The van der Waals surface area contributed by atoms with Crippen molar-refractivity contribution < 1.29 is 0 Å². The second kappa shape index (κ2) is 4.84. The molecule has 0 N–H and O–H groups in total. The molecule has 2 rings (SSSR count). The molecule has 0 aromatic heterocycles. The molecule has 0 aliphatic carbocycles. The number of benzene rings is 2. The Bertz CT molecular complexity index is 486. The zero-order valence-electron chi connectivity index (χ0n) is 8.07. The van der Waals surface area contributed by atoms with E-state index >= 15 is 0 Å². The van der Waals surface area contributed by atoms with Gasteiger partial charge in [0.2, 0.25) is 0 Å². The molecule has 0 unspecified atom stereocenters. The van der Waals surface area contributed by atoms with E-state index in [0.717, 1.165) is 11.1 Å². The van der Waals surface area contributed by atoms with Gasteiger partial charge in [-0.1, -0.05) is 0 Å². The van der Waals surface area contributed by atoms with Gasteiger partial charge in [-0.3, -0.25) is 0 Å². The van der Waals surface area contributed by atoms with Crippen LogP contribution in [0.4, 0.5) is 0 Å². The van der Waals surface area contributed by atoms with E-state index in [-0.39, 0.29) is 0 Å². The zero-order valence-corrected chi connectivity index (χ0v) is 9.94. The molecule has 0 fully saturated rings. The van der Waals surface area contributed by atoms with E-state index in [9.17, 15) is 0 Å². The first-order valence-electron chi connectivity index (χ1n) is 4.62. The topological polar surface area (TPSA) is 0 Å². The van der Waals surface area contributed by atoms with Gasteiger partial charge in [-0.15, -0.1) is 0 Å². The van der Waals surface area contributed by atoms with Crippen molar-refractivity contribution >= 4 is 20.5 Å². The standard InChI is InChI=1S/C14H9Se/c15-14-10-8-13(9-11-14)7-6-12-4-2-1-3-5-12/h1-2,4-5,8-11,15H. The number of hydrogen-bond donors (Lipinski definition) is 0. The summed E-state index contributed by atoms with van der Waals surface area (Å²) in [7, 11) is 0. The second-order valence-corrected chi connectivity index (χ2v) is 4.17. The fraction of sp³-hybridized carbons (Fsp3) is 0. The monoisotopic (exact) mass is 257 g/mol. The quantitative estimate of drug-likeness (QED) is 0.494. The van der Waals surface area contributed by atoms with Crippen LogP contribution in [0.1, 0.15) is 11.1 Å². The van der Waals surface area contributed by atoms with Crippen molar-refractivity contribution in [1.29, 1.82) is 0 Å². The Morgan fingerprint density at radius 2 is 1.67 bits per heavy atom. The van der Waals surface area contributed by atoms with Crippen LogP contribution in [0, 0.1) is 17.9 Å². The van der Waals surface area contributed by atoms with Crippen molar-refractivity contribution in [2.45, 2.75) is 0 Å². The van der Waals surface area contributed by atoms with E-state index in [4.69, 9.17) is 0 Å². The van der Waals surface area contributed by atoms with Crippen molar-refractivity contribution in [2.75, 3.05) is 0 Å². The average Bonchev–Trinajstić information content (AvgIpc) is 2.30. The summed E-state index contributed by atoms with van der Waals surface area (Å²) in [6, 6.07) is 18.8. The van der Waals surface area contributed by atoms with Crippen molar-refractivity contribution in [3.8, 4) is 11.8 Å². The van der Waals surface area contributed by atoms with Crippen molar-refractivity contribution in [3.05, 3.63) is 65.7 Å². The Morgan fingerprint density at radius 3 is 2.33 bits per heavy atom. The summed E-state index contributed by atoms with van der Waals surface area (Å²) < 4.78 is 1.20. The van der Waals surface area contributed by atoms with Gasteiger partial charge >= 0.3 is 98.0 Å². The molecule has 0 atom stereocenters. The van der Waals surface area contributed by atoms with Crippen molar-refractivity contribution in [2.24, 2.45) is 0 Å². The first-order chi connectivity index (χ1) is 7.34. The summed E-state index contributed by atoms with van der Waals surface area (Å²) in [6.07, 6.45) is 0. The van der Waals surface area contributed by atoms with Crippen molar-refractivity contribution in [3.63, 3.8) is 0 Å². The molecule has 15 heavy (non-hydrogen) atoms. The Morgan fingerprint density at radius 1 is 0.933 bits per heavy atom. The van der Waals surface area contributed by atoms with Gasteiger partial charge in [0, 0.05) is 0 Å². The first kappa shape index (κ1) is 10.1. The van der Waals surface area contributed by atoms with Gasteiger partial charge in [0.1, 0.15) is 0 Å². The Hall–Kier alpha value is -1.48. The van der Waals surface area contributed by atoms with Gasteiger partial charge < -0.3 is 0 Å². The normalized spacial score (nSPS) is 9.13. The molecule has 1 heteroatoms. The molecule has 0 heterocycles. The van der Waals surface area contributed by atoms with Gasteiger partial charge in [-0.25, -0.2) is 0 Å². The van der Waals surface area contributed by atoms with Gasteiger partial charge in [0.25, 0.3) is 0 Å². The molecule has 71 valence electrons. The first-order valence-corrected chi connectivity index (χ1v) is 5.55. The van der Waals surface area contributed by atoms with Crippen LogP contribution in [0.5, 0.6) is 0 Å². The summed E-state index contributed by atoms with van der Waals surface area (Å²) in [5, 5.41) is 0. The van der Waals surface area contributed by atoms with Crippen LogP contribution >= 0.6 is 0 Å². The second-order valence-electron chi connectivity index (χ2n) is 3.09. The molecule has 0 saturated heterocycles. The van der Waals surface area contributed by atoms with Gasteiger partial charge in [-0.05, 0) is 0 Å². The SMILES string of the molecule is [SeH]c1ccc(C#Cc2c[c]ccc2)cc1. The minimum absolute atomic E-state index is 0.994. The third-order valence-corrected chi connectivity index (χ3v) is 2.55. The average molecular weight is 256 g/mol. The number of rotatable bonds is 0. The van der Waals surface area contributed by atoms with Crippen LogP contribution in [0.3, 0.4) is 0 Å². The number of hydrogen-bond acceptors (Lipinski definition) is 0. The Kier molecular flexibility index (Phi) is 3.25. The van der Waals surface area contributed by atoms with Crippen LogP contribution in [0.15, 0.2) is 48.5 Å². The molecular weight excluding hydrogens is 247 g/mol. The fourth-order valence-electron chi connectivity index (χ4n) is 1.16. The molecule has 0 amide bonds. The molecule has 2 aromatic carbocycles. The zero-order chi connectivity index (χ0) is 10.5. The van der Waals surface area contributed by atoms with Crippen LogP contribution in [0.2, 0.25) is 0 Å². The van der Waals surface area contributed by atoms with Crippen LogP contribution < -0.4 is 4.46 Å². The molecule has 1 radical (unpaired) electrons. The molecule has 0 aliphatic heterocycles. The van der Waals surface area contributed by atoms with E-state index in [1.165, 1.54) is 4.46 Å². The summed E-state index contributed by atoms with van der Waals surface area (Å²) in [4.78, 5) is 0. The van der Waals surface area contributed by atoms with Crippen LogP contribution in [0.25, 0.3) is 0 Å². The molecule has 0 saturated carbocycles. The van der Waals surface area contributed by atoms with E-state index in [1.54, 1.807) is 0 Å². The molecule has 0 bridgehead atoms. The summed E-state index contributed by atoms with van der Waals surface area (Å²) >= 11 is 2.51. The Labute approximate surface area is 98.2 Å².